The van der Waals surface area contributed by atoms with E-state index in [2.05, 4.69) is 4.74 Å². The average molecular weight is 329 g/mol. The molecule has 1 aromatic rings. The summed E-state index contributed by atoms with van der Waals surface area (Å²) in [6, 6.07) is 0.943. The van der Waals surface area contributed by atoms with Gasteiger partial charge in [0.05, 0.1) is 25.0 Å². The number of benzene rings is 1. The number of hydrogen-bond acceptors (Lipinski definition) is 5. The van der Waals surface area contributed by atoms with Gasteiger partial charge in [0.15, 0.2) is 17.4 Å². The number of carbonyl (C=O) groups excluding carboxylic acids is 1. The summed E-state index contributed by atoms with van der Waals surface area (Å²) in [5.41, 5.74) is 5.01. The maximum atomic E-state index is 14.0. The number of ether oxygens (including phenoxy) is 1. The van der Waals surface area contributed by atoms with Crippen molar-refractivity contribution in [3.05, 3.63) is 23.3 Å². The van der Waals surface area contributed by atoms with E-state index in [1.165, 1.54) is 4.90 Å². The van der Waals surface area contributed by atoms with E-state index >= 15 is 0 Å². The van der Waals surface area contributed by atoms with Crippen LogP contribution in [0.15, 0.2) is 6.07 Å². The number of aliphatic hydroxyl groups is 1. The Morgan fingerprint density at radius 3 is 2.74 bits per heavy atom. The Bertz CT molecular complexity index is 598. The second-order valence-electron chi connectivity index (χ2n) is 5.53. The molecule has 0 bridgehead atoms. The van der Waals surface area contributed by atoms with Gasteiger partial charge in [0, 0.05) is 32.2 Å². The third kappa shape index (κ3) is 3.37. The molecule has 0 saturated carbocycles. The summed E-state index contributed by atoms with van der Waals surface area (Å²) >= 11 is 0. The van der Waals surface area contributed by atoms with E-state index < -0.39 is 29.0 Å². The van der Waals surface area contributed by atoms with Crippen molar-refractivity contribution in [3.8, 4) is 5.75 Å². The van der Waals surface area contributed by atoms with Gasteiger partial charge < -0.3 is 20.5 Å². The number of nitrogens with two attached hydrogens (primary N) is 1. The second-order valence-corrected chi connectivity index (χ2v) is 5.53. The Hall–Kier alpha value is -1.93. The minimum atomic E-state index is -1.07. The first-order valence-electron chi connectivity index (χ1n) is 7.36. The molecule has 1 fully saturated rings. The van der Waals surface area contributed by atoms with Crippen molar-refractivity contribution in [2.24, 2.45) is 0 Å². The van der Waals surface area contributed by atoms with Crippen LogP contribution < -0.4 is 10.5 Å². The molecular weight excluding hydrogens is 308 g/mol. The summed E-state index contributed by atoms with van der Waals surface area (Å²) < 4.78 is 32.4. The molecule has 1 unspecified atom stereocenters. The average Bonchev–Trinajstić information content (AvgIpc) is 2.53. The van der Waals surface area contributed by atoms with E-state index in [0.717, 1.165) is 13.2 Å². The maximum Gasteiger partial charge on any atom is 0.256 e. The number of methoxy groups -OCH3 is 1. The van der Waals surface area contributed by atoms with Crippen LogP contribution in [0.1, 0.15) is 17.3 Å². The smallest absolute Gasteiger partial charge is 0.256 e. The van der Waals surface area contributed by atoms with E-state index in [1.807, 2.05) is 11.8 Å². The fourth-order valence-electron chi connectivity index (χ4n) is 2.79. The highest BCUT2D eigenvalue weighted by Gasteiger charge is 2.30. The minimum Gasteiger partial charge on any atom is -0.491 e. The van der Waals surface area contributed by atoms with Gasteiger partial charge in [0.2, 0.25) is 0 Å². The van der Waals surface area contributed by atoms with Crippen molar-refractivity contribution in [2.75, 3.05) is 45.6 Å². The van der Waals surface area contributed by atoms with Crippen molar-refractivity contribution in [2.45, 2.75) is 13.0 Å². The summed E-state index contributed by atoms with van der Waals surface area (Å²) in [6.07, 6.45) is 0. The highest BCUT2D eigenvalue weighted by molar-refractivity contribution is 5.99. The van der Waals surface area contributed by atoms with Gasteiger partial charge in [-0.25, -0.2) is 8.78 Å². The second kappa shape index (κ2) is 7.10. The fraction of sp³-hybridized carbons (Fsp3) is 0.533. The van der Waals surface area contributed by atoms with E-state index in [0.29, 0.717) is 26.2 Å². The zero-order valence-corrected chi connectivity index (χ0v) is 13.2. The molecule has 128 valence electrons. The number of anilines is 1. The number of hydrogen-bond donors (Lipinski definition) is 2. The molecule has 1 atom stereocenters. The summed E-state index contributed by atoms with van der Waals surface area (Å²) in [5.74, 6) is -3.14. The molecule has 2 rings (SSSR count). The van der Waals surface area contributed by atoms with Gasteiger partial charge in [-0.2, -0.15) is 0 Å². The van der Waals surface area contributed by atoms with Crippen LogP contribution in [-0.4, -0.2) is 66.8 Å². The largest absolute Gasteiger partial charge is 0.491 e. The Morgan fingerprint density at radius 2 is 2.17 bits per heavy atom. The molecule has 8 heteroatoms. The Kier molecular flexibility index (Phi) is 5.38. The van der Waals surface area contributed by atoms with Gasteiger partial charge in [-0.05, 0) is 13.0 Å². The van der Waals surface area contributed by atoms with Crippen molar-refractivity contribution < 1.29 is 23.4 Å². The van der Waals surface area contributed by atoms with Gasteiger partial charge in [0.1, 0.15) is 0 Å². The van der Waals surface area contributed by atoms with Gasteiger partial charge in [0.25, 0.3) is 5.91 Å². The first-order valence-corrected chi connectivity index (χ1v) is 7.36. The summed E-state index contributed by atoms with van der Waals surface area (Å²) in [7, 11) is 1.13. The van der Waals surface area contributed by atoms with E-state index in [1.54, 1.807) is 0 Å². The van der Waals surface area contributed by atoms with Gasteiger partial charge in [-0.15, -0.1) is 0 Å². The van der Waals surface area contributed by atoms with Crippen LogP contribution in [0.2, 0.25) is 0 Å². The van der Waals surface area contributed by atoms with Crippen LogP contribution in [-0.2, 0) is 0 Å². The number of aliphatic hydroxyl groups excluding tert-OH is 1. The molecule has 1 saturated heterocycles. The molecule has 1 aliphatic rings. The molecule has 1 aliphatic heterocycles. The Morgan fingerprint density at radius 1 is 1.48 bits per heavy atom. The number of rotatable bonds is 4. The molecule has 23 heavy (non-hydrogen) atoms. The molecule has 1 heterocycles. The normalized spacial score (nSPS) is 19.0. The monoisotopic (exact) mass is 329 g/mol. The van der Waals surface area contributed by atoms with E-state index in [4.69, 9.17) is 10.8 Å². The number of nitrogen functional groups attached to an aromatic ring is 1. The summed E-state index contributed by atoms with van der Waals surface area (Å²) in [6.45, 7) is 3.87. The van der Waals surface area contributed by atoms with Crippen molar-refractivity contribution >= 4 is 11.6 Å². The molecule has 6 nitrogen and oxygen atoms in total. The Labute approximate surface area is 133 Å². The van der Waals surface area contributed by atoms with E-state index in [9.17, 15) is 13.6 Å². The number of β-amino-alcohol motifs (C(OH)–C–C–N with tert-alkyl or cyclic N) is 1. The first-order chi connectivity index (χ1) is 10.9. The number of halogens is 2. The molecular formula is C15H21F2N3O3. The molecule has 0 aliphatic carbocycles. The predicted molar refractivity (Wildman–Crippen MR) is 81.3 cm³/mol. The van der Waals surface area contributed by atoms with Crippen molar-refractivity contribution in [3.63, 3.8) is 0 Å². The highest BCUT2D eigenvalue weighted by Crippen LogP contribution is 2.30. The first kappa shape index (κ1) is 17.4. The Balaban J connectivity index is 2.22. The van der Waals surface area contributed by atoms with Crippen molar-refractivity contribution in [1.29, 1.82) is 0 Å². The van der Waals surface area contributed by atoms with Crippen LogP contribution in [0.25, 0.3) is 0 Å². The lowest BCUT2D eigenvalue weighted by atomic mass is 10.1. The number of carbonyl (C=O) groups is 1. The topological polar surface area (TPSA) is 79.0 Å². The number of nitrogens with zero attached hydrogens (tertiary/aromatic N) is 2. The quantitative estimate of drug-likeness (QED) is 0.795. The minimum absolute atomic E-state index is 0.0361. The van der Waals surface area contributed by atoms with Crippen LogP contribution in [0.4, 0.5) is 14.5 Å². The zero-order valence-electron chi connectivity index (χ0n) is 13.2. The van der Waals surface area contributed by atoms with Crippen LogP contribution in [0.5, 0.6) is 5.75 Å². The molecule has 1 aromatic carbocycles. The summed E-state index contributed by atoms with van der Waals surface area (Å²) in [4.78, 5) is 16.1. The van der Waals surface area contributed by atoms with Gasteiger partial charge >= 0.3 is 0 Å². The lowest BCUT2D eigenvalue weighted by molar-refractivity contribution is 0.0470. The number of amides is 1. The lowest BCUT2D eigenvalue weighted by Gasteiger charge is -2.39. The fourth-order valence-corrected chi connectivity index (χ4v) is 2.79. The van der Waals surface area contributed by atoms with Gasteiger partial charge in [-0.3, -0.25) is 9.69 Å². The third-order valence-electron chi connectivity index (χ3n) is 4.09. The third-order valence-corrected chi connectivity index (χ3v) is 4.09. The number of piperazine rings is 1. The standard InChI is InChI=1S/C15H21F2N3O3/c1-9-8-20(4-3-19(9)5-6-21)15(22)10-7-11(16)14(23-2)12(17)13(10)18/h7,9,21H,3-6,8,18H2,1-2H3. The van der Waals surface area contributed by atoms with Crippen molar-refractivity contribution in [1.82, 2.24) is 9.80 Å². The summed E-state index contributed by atoms with van der Waals surface area (Å²) in [5, 5.41) is 9.00. The van der Waals surface area contributed by atoms with Crippen LogP contribution >= 0.6 is 0 Å². The van der Waals surface area contributed by atoms with Crippen LogP contribution in [0, 0.1) is 11.6 Å². The molecule has 0 radical (unpaired) electrons. The molecule has 3 N–H and O–H groups in total. The zero-order chi connectivity index (χ0) is 17.1. The van der Waals surface area contributed by atoms with Gasteiger partial charge in [-0.1, -0.05) is 0 Å². The lowest BCUT2D eigenvalue weighted by Crippen LogP contribution is -2.54. The molecule has 1 amide bonds. The predicted octanol–water partition coefficient (Wildman–Crippen LogP) is 0.694. The maximum absolute atomic E-state index is 14.0. The van der Waals surface area contributed by atoms with E-state index in [-0.39, 0.29) is 18.2 Å². The van der Waals surface area contributed by atoms with Crippen LogP contribution in [0.3, 0.4) is 0 Å². The SMILES string of the molecule is COc1c(F)cc(C(=O)N2CCN(CCO)C(C)C2)c(N)c1F. The highest BCUT2D eigenvalue weighted by atomic mass is 19.1. The molecule has 0 spiro atoms. The molecule has 0 aromatic heterocycles.